The third-order valence-electron chi connectivity index (χ3n) is 2.79. The summed E-state index contributed by atoms with van der Waals surface area (Å²) in [5.74, 6) is 0.132. The number of alkyl halides is 3. The number of nitrogens with zero attached hydrogens (tertiary/aromatic N) is 2. The van der Waals surface area contributed by atoms with Crippen molar-refractivity contribution >= 4 is 23.4 Å². The Morgan fingerprint density at radius 3 is 2.65 bits per heavy atom. The second-order valence-electron chi connectivity index (χ2n) is 4.78. The van der Waals surface area contributed by atoms with Crippen LogP contribution in [0.25, 0.3) is 0 Å². The summed E-state index contributed by atoms with van der Waals surface area (Å²) in [6, 6.07) is 6.16. The van der Waals surface area contributed by atoms with E-state index in [9.17, 15) is 13.2 Å². The number of nitrogen functional groups attached to an aromatic ring is 1. The highest BCUT2D eigenvalue weighted by atomic mass is 35.5. The van der Waals surface area contributed by atoms with Crippen LogP contribution >= 0.6 is 11.6 Å². The first-order chi connectivity index (χ1) is 10.8. The van der Waals surface area contributed by atoms with Crippen LogP contribution in [0.15, 0.2) is 30.3 Å². The third kappa shape index (κ3) is 4.88. The average molecular weight is 347 g/mol. The lowest BCUT2D eigenvalue weighted by Crippen LogP contribution is -2.25. The lowest BCUT2D eigenvalue weighted by Gasteiger charge is -2.18. The number of anilines is 2. The molecule has 0 aliphatic carbocycles. The minimum absolute atomic E-state index is 0.00413. The highest BCUT2D eigenvalue weighted by molar-refractivity contribution is 6.29. The topological polar surface area (TPSA) is 73.1 Å². The summed E-state index contributed by atoms with van der Waals surface area (Å²) in [7, 11) is 0. The molecule has 0 spiro atoms. The zero-order chi connectivity index (χ0) is 17.0. The average Bonchev–Trinajstić information content (AvgIpc) is 2.43. The first-order valence-electron chi connectivity index (χ1n) is 6.61. The SMILES string of the molecule is CC(COc1ccccc1C(F)(F)F)Nc1cc(Cl)nc(N)n1. The number of nitrogens with one attached hydrogen (secondary N) is 1. The van der Waals surface area contributed by atoms with Crippen LogP contribution in [0, 0.1) is 0 Å². The van der Waals surface area contributed by atoms with Crippen LogP contribution in [0.4, 0.5) is 24.9 Å². The summed E-state index contributed by atoms with van der Waals surface area (Å²) >= 11 is 5.75. The van der Waals surface area contributed by atoms with E-state index in [0.29, 0.717) is 5.82 Å². The van der Waals surface area contributed by atoms with Gasteiger partial charge >= 0.3 is 6.18 Å². The number of hydrogen-bond donors (Lipinski definition) is 2. The van der Waals surface area contributed by atoms with Crippen molar-refractivity contribution in [3.8, 4) is 5.75 Å². The van der Waals surface area contributed by atoms with E-state index in [-0.39, 0.29) is 29.5 Å². The van der Waals surface area contributed by atoms with Crippen LogP contribution in [0.2, 0.25) is 5.15 Å². The van der Waals surface area contributed by atoms with E-state index >= 15 is 0 Å². The van der Waals surface area contributed by atoms with Crippen molar-refractivity contribution in [1.29, 1.82) is 0 Å². The standard InChI is InChI=1S/C14H14ClF3N4O/c1-8(20-12-6-11(15)21-13(19)22-12)7-23-10-5-3-2-4-9(10)14(16,17)18/h2-6,8H,7H2,1H3,(H3,19,20,21,22). The van der Waals surface area contributed by atoms with Gasteiger partial charge in [0.2, 0.25) is 5.95 Å². The summed E-state index contributed by atoms with van der Waals surface area (Å²) in [6.07, 6.45) is -4.47. The Hall–Kier alpha value is -2.22. The molecule has 1 aromatic carbocycles. The number of benzene rings is 1. The molecule has 9 heteroatoms. The number of halogens is 4. The number of para-hydroxylation sites is 1. The maximum atomic E-state index is 12.9. The second kappa shape index (κ2) is 6.91. The molecular weight excluding hydrogens is 333 g/mol. The Bertz CT molecular complexity index is 661. The molecule has 1 heterocycles. The minimum Gasteiger partial charge on any atom is -0.491 e. The molecule has 0 fully saturated rings. The lowest BCUT2D eigenvalue weighted by atomic mass is 10.2. The van der Waals surface area contributed by atoms with Gasteiger partial charge in [-0.1, -0.05) is 23.7 Å². The Balaban J connectivity index is 2.01. The summed E-state index contributed by atoms with van der Waals surface area (Å²) in [5.41, 5.74) is 4.65. The molecule has 1 unspecified atom stereocenters. The smallest absolute Gasteiger partial charge is 0.419 e. The number of nitrogens with two attached hydrogens (primary N) is 1. The van der Waals surface area contributed by atoms with Crippen molar-refractivity contribution in [2.45, 2.75) is 19.1 Å². The van der Waals surface area contributed by atoms with E-state index in [4.69, 9.17) is 22.1 Å². The van der Waals surface area contributed by atoms with Crippen molar-refractivity contribution in [3.05, 3.63) is 41.0 Å². The van der Waals surface area contributed by atoms with Gasteiger partial charge in [0, 0.05) is 6.07 Å². The minimum atomic E-state index is -4.47. The van der Waals surface area contributed by atoms with Gasteiger partial charge in [-0.2, -0.15) is 18.2 Å². The van der Waals surface area contributed by atoms with E-state index in [1.54, 1.807) is 6.92 Å². The fourth-order valence-electron chi connectivity index (χ4n) is 1.84. The van der Waals surface area contributed by atoms with Gasteiger partial charge in [0.05, 0.1) is 11.6 Å². The monoisotopic (exact) mass is 346 g/mol. The van der Waals surface area contributed by atoms with E-state index in [1.165, 1.54) is 24.3 Å². The van der Waals surface area contributed by atoms with Crippen LogP contribution in [-0.2, 0) is 6.18 Å². The number of ether oxygens (including phenoxy) is 1. The summed E-state index contributed by atoms with van der Waals surface area (Å²) < 4.78 is 43.9. The highest BCUT2D eigenvalue weighted by Crippen LogP contribution is 2.35. The predicted octanol–water partition coefficient (Wildman–Crippen LogP) is 3.61. The Morgan fingerprint density at radius 2 is 2.00 bits per heavy atom. The molecule has 2 rings (SSSR count). The Kier molecular flexibility index (Phi) is 5.15. The van der Waals surface area contributed by atoms with Gasteiger partial charge in [0.15, 0.2) is 0 Å². The first-order valence-corrected chi connectivity index (χ1v) is 6.99. The Morgan fingerprint density at radius 1 is 1.30 bits per heavy atom. The van der Waals surface area contributed by atoms with Crippen molar-refractivity contribution in [2.75, 3.05) is 17.7 Å². The molecule has 0 aliphatic rings. The van der Waals surface area contributed by atoms with E-state index in [1.807, 2.05) is 0 Å². The zero-order valence-electron chi connectivity index (χ0n) is 12.1. The van der Waals surface area contributed by atoms with Gasteiger partial charge in [-0.25, -0.2) is 4.98 Å². The molecule has 2 aromatic rings. The van der Waals surface area contributed by atoms with Crippen molar-refractivity contribution < 1.29 is 17.9 Å². The van der Waals surface area contributed by atoms with E-state index in [0.717, 1.165) is 6.07 Å². The molecule has 0 radical (unpaired) electrons. The fraction of sp³-hybridized carbons (Fsp3) is 0.286. The quantitative estimate of drug-likeness (QED) is 0.809. The molecule has 0 saturated carbocycles. The summed E-state index contributed by atoms with van der Waals surface area (Å²) in [5, 5.41) is 3.09. The summed E-state index contributed by atoms with van der Waals surface area (Å²) in [4.78, 5) is 7.63. The largest absolute Gasteiger partial charge is 0.491 e. The maximum absolute atomic E-state index is 12.9. The van der Waals surface area contributed by atoms with Crippen LogP contribution in [0.3, 0.4) is 0 Å². The fourth-order valence-corrected chi connectivity index (χ4v) is 2.03. The molecule has 3 N–H and O–H groups in total. The van der Waals surface area contributed by atoms with Crippen molar-refractivity contribution in [3.63, 3.8) is 0 Å². The van der Waals surface area contributed by atoms with Crippen LogP contribution in [-0.4, -0.2) is 22.6 Å². The molecule has 23 heavy (non-hydrogen) atoms. The molecule has 1 aromatic heterocycles. The molecular formula is C14H14ClF3N4O. The molecule has 124 valence electrons. The van der Waals surface area contributed by atoms with Crippen molar-refractivity contribution in [2.24, 2.45) is 0 Å². The maximum Gasteiger partial charge on any atom is 0.419 e. The molecule has 0 bridgehead atoms. The van der Waals surface area contributed by atoms with Gasteiger partial charge in [-0.15, -0.1) is 0 Å². The highest BCUT2D eigenvalue weighted by Gasteiger charge is 2.34. The normalized spacial score (nSPS) is 12.7. The zero-order valence-corrected chi connectivity index (χ0v) is 12.8. The van der Waals surface area contributed by atoms with Gasteiger partial charge in [0.25, 0.3) is 0 Å². The molecule has 0 saturated heterocycles. The number of aromatic nitrogens is 2. The number of hydrogen-bond acceptors (Lipinski definition) is 5. The lowest BCUT2D eigenvalue weighted by molar-refractivity contribution is -0.139. The Labute approximate surface area is 135 Å². The second-order valence-corrected chi connectivity index (χ2v) is 5.17. The molecule has 0 aliphatic heterocycles. The van der Waals surface area contributed by atoms with E-state index < -0.39 is 11.7 Å². The van der Waals surface area contributed by atoms with Gasteiger partial charge in [-0.05, 0) is 19.1 Å². The molecule has 0 amide bonds. The van der Waals surface area contributed by atoms with Crippen LogP contribution < -0.4 is 15.8 Å². The van der Waals surface area contributed by atoms with E-state index in [2.05, 4.69) is 15.3 Å². The molecule has 1 atom stereocenters. The van der Waals surface area contributed by atoms with Crippen LogP contribution in [0.5, 0.6) is 5.75 Å². The van der Waals surface area contributed by atoms with Gasteiger partial charge < -0.3 is 15.8 Å². The van der Waals surface area contributed by atoms with Crippen molar-refractivity contribution in [1.82, 2.24) is 9.97 Å². The first kappa shape index (κ1) is 17.1. The third-order valence-corrected chi connectivity index (χ3v) is 2.98. The number of rotatable bonds is 5. The predicted molar refractivity (Wildman–Crippen MR) is 81.5 cm³/mol. The van der Waals surface area contributed by atoms with Gasteiger partial charge in [0.1, 0.15) is 23.3 Å². The van der Waals surface area contributed by atoms with Gasteiger partial charge in [-0.3, -0.25) is 0 Å². The van der Waals surface area contributed by atoms with Crippen LogP contribution in [0.1, 0.15) is 12.5 Å². The summed E-state index contributed by atoms with van der Waals surface area (Å²) in [6.45, 7) is 1.72. The molecule has 5 nitrogen and oxygen atoms in total.